The molecule has 1 aromatic heterocycles. The maximum Gasteiger partial charge on any atom is 0.351 e. The summed E-state index contributed by atoms with van der Waals surface area (Å²) in [6.07, 6.45) is 4.45. The summed E-state index contributed by atoms with van der Waals surface area (Å²) in [4.78, 5) is 59.9. The van der Waals surface area contributed by atoms with Crippen molar-refractivity contribution in [2.45, 2.75) is 76.8 Å². The molecule has 1 aromatic carbocycles. The number of hydrogen-bond donors (Lipinski definition) is 3. The maximum absolute atomic E-state index is 15.6. The molecule has 11 nitrogen and oxygen atoms in total. The number of nitrogens with zero attached hydrogens (tertiary/aromatic N) is 4. The topological polar surface area (TPSA) is 148 Å². The average Bonchev–Trinajstić information content (AvgIpc) is 3.10. The fourth-order valence-electron chi connectivity index (χ4n) is 6.27. The summed E-state index contributed by atoms with van der Waals surface area (Å²) in [5, 5.41) is 16.6. The largest absolute Gasteiger partial charge is 0.351 e. The van der Waals surface area contributed by atoms with Crippen LogP contribution in [0.2, 0.25) is 0 Å². The van der Waals surface area contributed by atoms with Crippen molar-refractivity contribution in [2.75, 3.05) is 38.5 Å². The highest BCUT2D eigenvalue weighted by atomic mass is 19.3. The first-order valence-corrected chi connectivity index (χ1v) is 16.7. The number of likely N-dealkylation sites (N-methyl/N-ethyl adjacent to an activating group) is 1. The Kier molecular flexibility index (Phi) is 12.4. The Morgan fingerprint density at radius 3 is 2.33 bits per heavy atom. The highest BCUT2D eigenvalue weighted by Gasteiger charge is 2.45. The zero-order valence-corrected chi connectivity index (χ0v) is 28.3. The Bertz CT molecular complexity index is 1570. The number of alkyl halides is 2. The number of benzene rings is 1. The summed E-state index contributed by atoms with van der Waals surface area (Å²) in [5.74, 6) is -8.88. The fourth-order valence-corrected chi connectivity index (χ4v) is 6.27. The molecule has 3 atom stereocenters. The van der Waals surface area contributed by atoms with Crippen LogP contribution in [-0.2, 0) is 25.1 Å². The molecule has 4 amide bonds. The quantitative estimate of drug-likeness (QED) is 0.326. The van der Waals surface area contributed by atoms with Gasteiger partial charge in [-0.2, -0.15) is 14.0 Å². The number of pyridine rings is 1. The van der Waals surface area contributed by atoms with Crippen molar-refractivity contribution >= 4 is 29.3 Å². The standard InChI is InChI=1S/C35H44F3N7O4/c1-5-29(46)42-30(33(48)45-14-12-44(4)13-15-45)22(3)25-10-11-28(27(36)17-25)41-32(47)31(24-8-6-21(2)7-9-24)43-34(49)35(37,38)26-16-23(18-39)19-40-20-26/h10-11,16-17,19-22,24,30-31H,5-9,12-15H2,1-4H3,(H,41,47)(H,42,46)(H,43,49)/t21-,22-,24-,30+,31-/m0/s1. The first-order valence-electron chi connectivity index (χ1n) is 16.7. The van der Waals surface area contributed by atoms with Crippen LogP contribution in [0.25, 0.3) is 0 Å². The van der Waals surface area contributed by atoms with Crippen LogP contribution in [-0.4, -0.2) is 83.7 Å². The molecule has 2 fully saturated rings. The molecule has 1 aliphatic carbocycles. The average molecular weight is 684 g/mol. The van der Waals surface area contributed by atoms with Crippen LogP contribution in [0, 0.1) is 29.0 Å². The van der Waals surface area contributed by atoms with E-state index >= 15 is 13.2 Å². The van der Waals surface area contributed by atoms with Crippen LogP contribution in [0.1, 0.15) is 75.5 Å². The number of nitriles is 1. The number of piperazine rings is 1. The third-order valence-corrected chi connectivity index (χ3v) is 9.61. The van der Waals surface area contributed by atoms with Gasteiger partial charge in [-0.15, -0.1) is 0 Å². The van der Waals surface area contributed by atoms with E-state index < -0.39 is 53.0 Å². The van der Waals surface area contributed by atoms with E-state index in [-0.39, 0.29) is 29.5 Å². The lowest BCUT2D eigenvalue weighted by molar-refractivity contribution is -0.149. The van der Waals surface area contributed by atoms with Crippen LogP contribution in [0.3, 0.4) is 0 Å². The molecule has 3 N–H and O–H groups in total. The lowest BCUT2D eigenvalue weighted by Gasteiger charge is -2.36. The van der Waals surface area contributed by atoms with E-state index in [0.717, 1.165) is 31.3 Å². The van der Waals surface area contributed by atoms with Gasteiger partial charge >= 0.3 is 5.92 Å². The Labute approximate surface area is 284 Å². The van der Waals surface area contributed by atoms with Crippen LogP contribution >= 0.6 is 0 Å². The molecule has 264 valence electrons. The van der Waals surface area contributed by atoms with Crippen LogP contribution in [0.4, 0.5) is 18.9 Å². The summed E-state index contributed by atoms with van der Waals surface area (Å²) in [6, 6.07) is 4.24. The minimum Gasteiger partial charge on any atom is -0.344 e. The first kappa shape index (κ1) is 37.3. The molecule has 49 heavy (non-hydrogen) atoms. The van der Waals surface area contributed by atoms with Crippen molar-refractivity contribution < 1.29 is 32.3 Å². The van der Waals surface area contributed by atoms with Gasteiger partial charge in [-0.25, -0.2) is 4.39 Å². The van der Waals surface area contributed by atoms with Gasteiger partial charge in [0.25, 0.3) is 5.91 Å². The molecule has 1 saturated carbocycles. The van der Waals surface area contributed by atoms with E-state index in [4.69, 9.17) is 5.26 Å². The van der Waals surface area contributed by atoms with Crippen LogP contribution < -0.4 is 16.0 Å². The van der Waals surface area contributed by atoms with Gasteiger partial charge in [-0.3, -0.25) is 24.2 Å². The number of amides is 4. The van der Waals surface area contributed by atoms with Crippen molar-refractivity contribution in [1.82, 2.24) is 25.4 Å². The number of rotatable bonds is 11. The molecular formula is C35H44F3N7O4. The zero-order valence-electron chi connectivity index (χ0n) is 28.3. The molecule has 2 aliphatic rings. The SMILES string of the molecule is CCC(=O)N[C@@H](C(=O)N1CCN(C)CC1)[C@@H](C)c1ccc(NC(=O)[C@@H](NC(=O)C(F)(F)c2cncc(C#N)c2)[C@H]2CC[C@H](C)CC2)c(F)c1. The molecule has 2 heterocycles. The van der Waals surface area contributed by atoms with Crippen LogP contribution in [0.5, 0.6) is 0 Å². The van der Waals surface area contributed by atoms with Gasteiger partial charge in [0, 0.05) is 50.9 Å². The van der Waals surface area contributed by atoms with E-state index in [1.54, 1.807) is 24.8 Å². The second-order valence-electron chi connectivity index (χ2n) is 13.2. The van der Waals surface area contributed by atoms with Crippen molar-refractivity contribution in [3.8, 4) is 6.07 Å². The third-order valence-electron chi connectivity index (χ3n) is 9.61. The molecule has 0 unspecified atom stereocenters. The summed E-state index contributed by atoms with van der Waals surface area (Å²) in [5.41, 5.74) is -0.785. The van der Waals surface area contributed by atoms with Gasteiger partial charge in [-0.05, 0) is 55.5 Å². The monoisotopic (exact) mass is 683 g/mol. The van der Waals surface area contributed by atoms with Gasteiger partial charge in [0.15, 0.2) is 0 Å². The minimum atomic E-state index is -4.10. The summed E-state index contributed by atoms with van der Waals surface area (Å²) < 4.78 is 46.2. The number of nitrogens with one attached hydrogen (secondary N) is 3. The second-order valence-corrected chi connectivity index (χ2v) is 13.2. The molecule has 1 saturated heterocycles. The normalized spacial score (nSPS) is 20.3. The molecule has 4 rings (SSSR count). The van der Waals surface area contributed by atoms with E-state index in [1.165, 1.54) is 18.2 Å². The second kappa shape index (κ2) is 16.3. The van der Waals surface area contributed by atoms with Crippen molar-refractivity contribution in [2.24, 2.45) is 11.8 Å². The Morgan fingerprint density at radius 2 is 1.71 bits per heavy atom. The van der Waals surface area contributed by atoms with Crippen LogP contribution in [0.15, 0.2) is 36.7 Å². The molecule has 1 aliphatic heterocycles. The third kappa shape index (κ3) is 9.14. The smallest absolute Gasteiger partial charge is 0.344 e. The Balaban J connectivity index is 1.54. The van der Waals surface area contributed by atoms with Gasteiger partial charge in [0.05, 0.1) is 16.8 Å². The fraction of sp³-hybridized carbons (Fsp3) is 0.543. The van der Waals surface area contributed by atoms with Gasteiger partial charge < -0.3 is 25.8 Å². The number of anilines is 1. The van der Waals surface area contributed by atoms with Crippen molar-refractivity contribution in [3.05, 3.63) is 59.2 Å². The van der Waals surface area contributed by atoms with Gasteiger partial charge in [0.1, 0.15) is 24.0 Å². The van der Waals surface area contributed by atoms with E-state index in [2.05, 4.69) is 25.8 Å². The Hall–Kier alpha value is -4.51. The molecular weight excluding hydrogens is 639 g/mol. The van der Waals surface area contributed by atoms with Crippen molar-refractivity contribution in [3.63, 3.8) is 0 Å². The number of carbonyl (C=O) groups excluding carboxylic acids is 4. The van der Waals surface area contributed by atoms with Crippen molar-refractivity contribution in [1.29, 1.82) is 5.26 Å². The molecule has 0 bridgehead atoms. The number of aromatic nitrogens is 1. The van der Waals surface area contributed by atoms with Gasteiger partial charge in [0.2, 0.25) is 17.7 Å². The highest BCUT2D eigenvalue weighted by molar-refractivity contribution is 5.98. The summed E-state index contributed by atoms with van der Waals surface area (Å²) in [6.45, 7) is 7.77. The minimum absolute atomic E-state index is 0.156. The van der Waals surface area contributed by atoms with E-state index in [1.807, 2.05) is 14.0 Å². The lowest BCUT2D eigenvalue weighted by Crippen LogP contribution is -2.55. The highest BCUT2D eigenvalue weighted by Crippen LogP contribution is 2.34. The predicted octanol–water partition coefficient (Wildman–Crippen LogP) is 3.91. The molecule has 14 heteroatoms. The predicted molar refractivity (Wildman–Crippen MR) is 176 cm³/mol. The summed E-state index contributed by atoms with van der Waals surface area (Å²) >= 11 is 0. The lowest BCUT2D eigenvalue weighted by atomic mass is 9.79. The summed E-state index contributed by atoms with van der Waals surface area (Å²) in [7, 11) is 1.96. The number of halogens is 3. The molecule has 0 radical (unpaired) electrons. The Morgan fingerprint density at radius 1 is 1.04 bits per heavy atom. The number of hydrogen-bond acceptors (Lipinski definition) is 7. The van der Waals surface area contributed by atoms with Gasteiger partial charge in [-0.1, -0.05) is 39.7 Å². The molecule has 0 spiro atoms. The maximum atomic E-state index is 15.6. The number of carbonyl (C=O) groups is 4. The first-order chi connectivity index (χ1) is 23.2. The molecule has 2 aromatic rings. The van der Waals surface area contributed by atoms with E-state index in [9.17, 15) is 19.2 Å². The zero-order chi connectivity index (χ0) is 35.9. The van der Waals surface area contributed by atoms with E-state index in [0.29, 0.717) is 50.5 Å².